The quantitative estimate of drug-likeness (QED) is 0.743. The van der Waals surface area contributed by atoms with Gasteiger partial charge in [0.05, 0.1) is 16.5 Å². The fourth-order valence-electron chi connectivity index (χ4n) is 2.18. The van der Waals surface area contributed by atoms with Gasteiger partial charge in [-0.1, -0.05) is 35.3 Å². The molecule has 0 aliphatic rings. The summed E-state index contributed by atoms with van der Waals surface area (Å²) in [5.74, 6) is 0.120. The van der Waals surface area contributed by atoms with Gasteiger partial charge in [0, 0.05) is 17.8 Å². The van der Waals surface area contributed by atoms with Gasteiger partial charge in [-0.2, -0.15) is 0 Å². The lowest BCUT2D eigenvalue weighted by Crippen LogP contribution is -2.31. The highest BCUT2D eigenvalue weighted by atomic mass is 35.5. The molecule has 0 unspecified atom stereocenters. The van der Waals surface area contributed by atoms with Crippen LogP contribution in [-0.4, -0.2) is 24.5 Å². The van der Waals surface area contributed by atoms with Crippen LogP contribution in [0.1, 0.15) is 19.4 Å². The van der Waals surface area contributed by atoms with Gasteiger partial charge in [-0.05, 0) is 43.7 Å². The van der Waals surface area contributed by atoms with Gasteiger partial charge in [-0.25, -0.2) is 0 Å². The minimum atomic E-state index is -0.304. The molecular weight excluding hydrogens is 375 g/mol. The van der Waals surface area contributed by atoms with Crippen LogP contribution < -0.4 is 15.4 Å². The molecule has 2 rings (SSSR count). The van der Waals surface area contributed by atoms with E-state index in [1.807, 2.05) is 13.8 Å². The second-order valence-electron chi connectivity index (χ2n) is 6.01. The van der Waals surface area contributed by atoms with Crippen LogP contribution >= 0.6 is 23.2 Å². The third kappa shape index (κ3) is 6.58. The number of anilines is 1. The van der Waals surface area contributed by atoms with Crippen molar-refractivity contribution in [3.8, 4) is 5.75 Å². The maximum absolute atomic E-state index is 12.0. The van der Waals surface area contributed by atoms with Gasteiger partial charge in [0.15, 0.2) is 6.61 Å². The smallest absolute Gasteiger partial charge is 0.262 e. The van der Waals surface area contributed by atoms with Crippen molar-refractivity contribution in [1.29, 1.82) is 0 Å². The lowest BCUT2D eigenvalue weighted by atomic mass is 10.1. The van der Waals surface area contributed by atoms with E-state index >= 15 is 0 Å². The van der Waals surface area contributed by atoms with Crippen molar-refractivity contribution in [2.45, 2.75) is 26.3 Å². The first-order chi connectivity index (χ1) is 12.3. The van der Waals surface area contributed by atoms with Crippen LogP contribution in [0.15, 0.2) is 42.5 Å². The molecule has 0 radical (unpaired) electrons. The molecule has 0 bridgehead atoms. The highest BCUT2D eigenvalue weighted by Gasteiger charge is 2.07. The molecule has 0 fully saturated rings. The summed E-state index contributed by atoms with van der Waals surface area (Å²) in [5, 5.41) is 6.35. The number of hydrogen-bond donors (Lipinski definition) is 2. The SMILES string of the molecule is CC(C)NC(=O)Cc1ccc(NC(=O)COc2ccc(Cl)c(Cl)c2)cc1. The maximum atomic E-state index is 12.0. The minimum Gasteiger partial charge on any atom is -0.484 e. The van der Waals surface area contributed by atoms with Gasteiger partial charge >= 0.3 is 0 Å². The summed E-state index contributed by atoms with van der Waals surface area (Å²) < 4.78 is 5.38. The zero-order valence-corrected chi connectivity index (χ0v) is 16.0. The number of rotatable bonds is 7. The Bertz CT molecular complexity index is 777. The standard InChI is InChI=1S/C19H20Cl2N2O3/c1-12(2)22-18(24)9-13-3-5-14(6-4-13)23-19(25)11-26-15-7-8-16(20)17(21)10-15/h3-8,10,12H,9,11H2,1-2H3,(H,22,24)(H,23,25). The molecule has 0 aromatic heterocycles. The molecule has 0 atom stereocenters. The molecule has 0 aliphatic heterocycles. The van der Waals surface area contributed by atoms with E-state index in [0.29, 0.717) is 27.9 Å². The molecule has 0 aliphatic carbocycles. The number of ether oxygens (including phenoxy) is 1. The van der Waals surface area contributed by atoms with Crippen molar-refractivity contribution in [3.63, 3.8) is 0 Å². The molecule has 0 spiro atoms. The molecule has 26 heavy (non-hydrogen) atoms. The largest absolute Gasteiger partial charge is 0.484 e. The fraction of sp³-hybridized carbons (Fsp3) is 0.263. The summed E-state index contributed by atoms with van der Waals surface area (Å²) >= 11 is 11.7. The topological polar surface area (TPSA) is 67.4 Å². The Kier molecular flexibility index (Phi) is 7.30. The number of hydrogen-bond acceptors (Lipinski definition) is 3. The molecule has 2 amide bonds. The molecule has 5 nitrogen and oxygen atoms in total. The van der Waals surface area contributed by atoms with Gasteiger partial charge < -0.3 is 15.4 Å². The van der Waals surface area contributed by atoms with Crippen molar-refractivity contribution in [2.24, 2.45) is 0 Å². The molecule has 0 saturated carbocycles. The first kappa shape index (κ1) is 20.1. The maximum Gasteiger partial charge on any atom is 0.262 e. The monoisotopic (exact) mass is 394 g/mol. The Hall–Kier alpha value is -2.24. The van der Waals surface area contributed by atoms with Gasteiger partial charge in [0.1, 0.15) is 5.75 Å². The van der Waals surface area contributed by atoms with Crippen molar-refractivity contribution in [3.05, 3.63) is 58.1 Å². The number of carbonyl (C=O) groups excluding carboxylic acids is 2. The fourth-order valence-corrected chi connectivity index (χ4v) is 2.47. The molecule has 2 N–H and O–H groups in total. The minimum absolute atomic E-state index is 0.0354. The van der Waals surface area contributed by atoms with E-state index in [1.165, 1.54) is 0 Å². The van der Waals surface area contributed by atoms with Crippen molar-refractivity contribution < 1.29 is 14.3 Å². The van der Waals surface area contributed by atoms with E-state index in [9.17, 15) is 9.59 Å². The average molecular weight is 395 g/mol. The molecule has 2 aromatic carbocycles. The number of carbonyl (C=O) groups is 2. The van der Waals surface area contributed by atoms with Crippen LogP contribution in [0.25, 0.3) is 0 Å². The van der Waals surface area contributed by atoms with E-state index in [-0.39, 0.29) is 24.5 Å². The Morgan fingerprint density at radius 3 is 2.31 bits per heavy atom. The Morgan fingerprint density at radius 2 is 1.69 bits per heavy atom. The third-order valence-electron chi connectivity index (χ3n) is 3.31. The van der Waals surface area contributed by atoms with Gasteiger partial charge in [-0.3, -0.25) is 9.59 Å². The van der Waals surface area contributed by atoms with Crippen LogP contribution in [0, 0.1) is 0 Å². The first-order valence-corrected chi connectivity index (χ1v) is 8.85. The molecule has 0 saturated heterocycles. The lowest BCUT2D eigenvalue weighted by Gasteiger charge is -2.10. The van der Waals surface area contributed by atoms with Crippen LogP contribution in [0.3, 0.4) is 0 Å². The zero-order chi connectivity index (χ0) is 19.1. The summed E-state index contributed by atoms with van der Waals surface area (Å²) in [7, 11) is 0. The lowest BCUT2D eigenvalue weighted by molar-refractivity contribution is -0.121. The highest BCUT2D eigenvalue weighted by Crippen LogP contribution is 2.26. The normalized spacial score (nSPS) is 10.5. The van der Waals surface area contributed by atoms with E-state index < -0.39 is 0 Å². The van der Waals surface area contributed by atoms with Crippen LogP contribution in [-0.2, 0) is 16.0 Å². The van der Waals surface area contributed by atoms with E-state index in [4.69, 9.17) is 27.9 Å². The zero-order valence-electron chi connectivity index (χ0n) is 14.5. The molecule has 138 valence electrons. The molecular formula is C19H20Cl2N2O3. The van der Waals surface area contributed by atoms with E-state index in [1.54, 1.807) is 42.5 Å². The van der Waals surface area contributed by atoms with E-state index in [0.717, 1.165) is 5.56 Å². The molecule has 7 heteroatoms. The number of benzene rings is 2. The molecule has 0 heterocycles. The van der Waals surface area contributed by atoms with Crippen LogP contribution in [0.2, 0.25) is 10.0 Å². The van der Waals surface area contributed by atoms with Crippen molar-refractivity contribution in [1.82, 2.24) is 5.32 Å². The summed E-state index contributed by atoms with van der Waals surface area (Å²) in [6, 6.07) is 12.0. The second-order valence-corrected chi connectivity index (χ2v) is 6.82. The first-order valence-electron chi connectivity index (χ1n) is 8.09. The number of nitrogens with one attached hydrogen (secondary N) is 2. The average Bonchev–Trinajstić information content (AvgIpc) is 2.57. The number of amides is 2. The second kappa shape index (κ2) is 9.46. The third-order valence-corrected chi connectivity index (χ3v) is 4.05. The predicted molar refractivity (Wildman–Crippen MR) is 104 cm³/mol. The Morgan fingerprint density at radius 1 is 1.00 bits per heavy atom. The molecule has 2 aromatic rings. The van der Waals surface area contributed by atoms with Crippen LogP contribution in [0.5, 0.6) is 5.75 Å². The van der Waals surface area contributed by atoms with Gasteiger partial charge in [0.25, 0.3) is 5.91 Å². The van der Waals surface area contributed by atoms with Crippen molar-refractivity contribution >= 4 is 40.7 Å². The summed E-state index contributed by atoms with van der Waals surface area (Å²) in [4.78, 5) is 23.7. The summed E-state index contributed by atoms with van der Waals surface area (Å²) in [5.41, 5.74) is 1.49. The van der Waals surface area contributed by atoms with E-state index in [2.05, 4.69) is 10.6 Å². The Labute approximate surface area is 162 Å². The number of halogens is 2. The van der Waals surface area contributed by atoms with Crippen LogP contribution in [0.4, 0.5) is 5.69 Å². The van der Waals surface area contributed by atoms with Gasteiger partial charge in [-0.15, -0.1) is 0 Å². The predicted octanol–water partition coefficient (Wildman–Crippen LogP) is 4.08. The summed E-state index contributed by atoms with van der Waals surface area (Å²) in [6.07, 6.45) is 0.298. The Balaban J connectivity index is 1.83. The summed E-state index contributed by atoms with van der Waals surface area (Å²) in [6.45, 7) is 3.67. The van der Waals surface area contributed by atoms with Crippen molar-refractivity contribution in [2.75, 3.05) is 11.9 Å². The van der Waals surface area contributed by atoms with Gasteiger partial charge in [0.2, 0.25) is 5.91 Å². The highest BCUT2D eigenvalue weighted by molar-refractivity contribution is 6.42.